The zero-order chi connectivity index (χ0) is 11.1. The summed E-state index contributed by atoms with van der Waals surface area (Å²) in [7, 11) is 0. The van der Waals surface area contributed by atoms with E-state index in [0.717, 1.165) is 0 Å². The van der Waals surface area contributed by atoms with Crippen molar-refractivity contribution in [3.05, 3.63) is 24.3 Å². The Morgan fingerprint density at radius 2 is 2.13 bits per heavy atom. The molecule has 0 fully saturated rings. The molecule has 84 valence electrons. The monoisotopic (exact) mass is 223 g/mol. The third-order valence-electron chi connectivity index (χ3n) is 2.57. The van der Waals surface area contributed by atoms with Crippen molar-refractivity contribution in [2.45, 2.75) is 44.0 Å². The lowest BCUT2D eigenvalue weighted by atomic mass is 10.1. The van der Waals surface area contributed by atoms with E-state index in [-0.39, 0.29) is 0 Å². The molecule has 0 aliphatic heterocycles. The summed E-state index contributed by atoms with van der Waals surface area (Å²) < 4.78 is 0. The fraction of sp³-hybridized carbons (Fsp3) is 0.538. The number of thioether (sulfide) groups is 1. The lowest BCUT2D eigenvalue weighted by molar-refractivity contribution is 0.622. The van der Waals surface area contributed by atoms with Gasteiger partial charge in [-0.25, -0.2) is 0 Å². The molecule has 0 heterocycles. The Morgan fingerprint density at radius 1 is 1.33 bits per heavy atom. The highest BCUT2D eigenvalue weighted by atomic mass is 32.2. The Balaban J connectivity index is 2.61. The summed E-state index contributed by atoms with van der Waals surface area (Å²) in [6.45, 7) is 4.48. The van der Waals surface area contributed by atoms with E-state index in [9.17, 15) is 0 Å². The second-order valence-corrected chi connectivity index (χ2v) is 4.65. The Morgan fingerprint density at radius 3 is 2.73 bits per heavy atom. The summed E-state index contributed by atoms with van der Waals surface area (Å²) in [5, 5.41) is 3.59. The summed E-state index contributed by atoms with van der Waals surface area (Å²) in [6, 6.07) is 9.26. The van der Waals surface area contributed by atoms with Crippen molar-refractivity contribution in [3.8, 4) is 0 Å². The molecule has 1 rings (SSSR count). The highest BCUT2D eigenvalue weighted by Crippen LogP contribution is 2.20. The molecule has 15 heavy (non-hydrogen) atoms. The third-order valence-corrected chi connectivity index (χ3v) is 3.30. The highest BCUT2D eigenvalue weighted by Gasteiger charge is 2.04. The average molecular weight is 223 g/mol. The van der Waals surface area contributed by atoms with Crippen LogP contribution in [0.3, 0.4) is 0 Å². The Labute approximate surface area is 97.7 Å². The molecule has 0 aliphatic carbocycles. The molecule has 1 N–H and O–H groups in total. The van der Waals surface area contributed by atoms with Crippen molar-refractivity contribution in [2.24, 2.45) is 0 Å². The molecule has 0 amide bonds. The Bertz CT molecular complexity index is 286. The van der Waals surface area contributed by atoms with Gasteiger partial charge in [-0.3, -0.25) is 0 Å². The fourth-order valence-electron chi connectivity index (χ4n) is 1.68. The zero-order valence-corrected chi connectivity index (χ0v) is 10.7. The van der Waals surface area contributed by atoms with Crippen molar-refractivity contribution >= 4 is 17.4 Å². The Kier molecular flexibility index (Phi) is 5.62. The topological polar surface area (TPSA) is 12.0 Å². The van der Waals surface area contributed by atoms with Gasteiger partial charge in [-0.15, -0.1) is 11.8 Å². The van der Waals surface area contributed by atoms with Gasteiger partial charge >= 0.3 is 0 Å². The van der Waals surface area contributed by atoms with Crippen LogP contribution in [0.2, 0.25) is 0 Å². The molecule has 0 saturated carbocycles. The molecule has 2 heteroatoms. The van der Waals surface area contributed by atoms with Gasteiger partial charge < -0.3 is 5.32 Å². The molecular formula is C13H21NS. The molecule has 1 nitrogen and oxygen atoms in total. The standard InChI is InChI=1S/C13H21NS/c1-4-7-11(5-2)14-12-8-6-9-13(10-12)15-3/h6,8-11,14H,4-5,7H2,1-3H3. The first-order valence-electron chi connectivity index (χ1n) is 5.70. The van der Waals surface area contributed by atoms with Gasteiger partial charge in [0.05, 0.1) is 0 Å². The summed E-state index contributed by atoms with van der Waals surface area (Å²) in [5.41, 5.74) is 1.25. The van der Waals surface area contributed by atoms with Gasteiger partial charge in [0.25, 0.3) is 0 Å². The van der Waals surface area contributed by atoms with E-state index in [2.05, 4.69) is 49.7 Å². The number of rotatable bonds is 6. The molecule has 0 aliphatic rings. The number of anilines is 1. The quantitative estimate of drug-likeness (QED) is 0.717. The number of nitrogens with one attached hydrogen (secondary N) is 1. The molecule has 1 aromatic carbocycles. The van der Waals surface area contributed by atoms with Crippen molar-refractivity contribution in [1.82, 2.24) is 0 Å². The minimum Gasteiger partial charge on any atom is -0.382 e. The van der Waals surface area contributed by atoms with E-state index in [1.54, 1.807) is 11.8 Å². The van der Waals surface area contributed by atoms with Crippen LogP contribution >= 0.6 is 11.8 Å². The number of benzene rings is 1. The summed E-state index contributed by atoms with van der Waals surface area (Å²) >= 11 is 1.79. The van der Waals surface area contributed by atoms with Crippen molar-refractivity contribution in [2.75, 3.05) is 11.6 Å². The predicted molar refractivity (Wildman–Crippen MR) is 70.8 cm³/mol. The number of hydrogen-bond acceptors (Lipinski definition) is 2. The van der Waals surface area contributed by atoms with Crippen LogP contribution in [0.4, 0.5) is 5.69 Å². The first-order chi connectivity index (χ1) is 7.30. The van der Waals surface area contributed by atoms with E-state index >= 15 is 0 Å². The third kappa shape index (κ3) is 4.17. The maximum absolute atomic E-state index is 3.59. The van der Waals surface area contributed by atoms with Crippen molar-refractivity contribution in [3.63, 3.8) is 0 Å². The molecule has 0 spiro atoms. The smallest absolute Gasteiger partial charge is 0.0353 e. The van der Waals surface area contributed by atoms with Gasteiger partial charge in [0.1, 0.15) is 0 Å². The molecule has 1 atom stereocenters. The average Bonchev–Trinajstić information content (AvgIpc) is 2.29. The van der Waals surface area contributed by atoms with Crippen LogP contribution in [-0.4, -0.2) is 12.3 Å². The van der Waals surface area contributed by atoms with Crippen LogP contribution < -0.4 is 5.32 Å². The summed E-state index contributed by atoms with van der Waals surface area (Å²) in [5.74, 6) is 0. The highest BCUT2D eigenvalue weighted by molar-refractivity contribution is 7.98. The molecule has 0 radical (unpaired) electrons. The van der Waals surface area contributed by atoms with Crippen LogP contribution in [0.15, 0.2) is 29.2 Å². The largest absolute Gasteiger partial charge is 0.382 e. The predicted octanol–water partition coefficient (Wildman–Crippen LogP) is 4.40. The minimum absolute atomic E-state index is 0.618. The molecule has 1 unspecified atom stereocenters. The van der Waals surface area contributed by atoms with Gasteiger partial charge in [-0.2, -0.15) is 0 Å². The van der Waals surface area contributed by atoms with E-state index in [1.165, 1.54) is 29.8 Å². The zero-order valence-electron chi connectivity index (χ0n) is 9.92. The van der Waals surface area contributed by atoms with Gasteiger partial charge in [-0.05, 0) is 37.3 Å². The van der Waals surface area contributed by atoms with Crippen LogP contribution in [0, 0.1) is 0 Å². The first-order valence-corrected chi connectivity index (χ1v) is 6.93. The fourth-order valence-corrected chi connectivity index (χ4v) is 2.13. The Hall–Kier alpha value is -0.630. The van der Waals surface area contributed by atoms with Crippen molar-refractivity contribution < 1.29 is 0 Å². The molecule has 0 saturated heterocycles. The van der Waals surface area contributed by atoms with E-state index in [1.807, 2.05) is 0 Å². The van der Waals surface area contributed by atoms with Gasteiger partial charge in [0, 0.05) is 16.6 Å². The van der Waals surface area contributed by atoms with E-state index < -0.39 is 0 Å². The molecule has 1 aromatic rings. The second-order valence-electron chi connectivity index (χ2n) is 3.77. The summed E-state index contributed by atoms with van der Waals surface area (Å²) in [6.07, 6.45) is 5.80. The first kappa shape index (κ1) is 12.4. The maximum atomic E-state index is 3.59. The van der Waals surface area contributed by atoms with Crippen LogP contribution in [0.1, 0.15) is 33.1 Å². The van der Waals surface area contributed by atoms with Crippen LogP contribution in [0.5, 0.6) is 0 Å². The maximum Gasteiger partial charge on any atom is 0.0353 e. The van der Waals surface area contributed by atoms with E-state index in [4.69, 9.17) is 0 Å². The molecule has 0 aromatic heterocycles. The number of hydrogen-bond donors (Lipinski definition) is 1. The SMILES string of the molecule is CCCC(CC)Nc1cccc(SC)c1. The van der Waals surface area contributed by atoms with Crippen LogP contribution in [-0.2, 0) is 0 Å². The van der Waals surface area contributed by atoms with E-state index in [0.29, 0.717) is 6.04 Å². The summed E-state index contributed by atoms with van der Waals surface area (Å²) in [4.78, 5) is 1.33. The second kappa shape index (κ2) is 6.78. The lowest BCUT2D eigenvalue weighted by Crippen LogP contribution is -2.17. The van der Waals surface area contributed by atoms with Crippen LogP contribution in [0.25, 0.3) is 0 Å². The molecule has 0 bridgehead atoms. The lowest BCUT2D eigenvalue weighted by Gasteiger charge is -2.17. The minimum atomic E-state index is 0.618. The molecular weight excluding hydrogens is 202 g/mol. The van der Waals surface area contributed by atoms with Gasteiger partial charge in [0.2, 0.25) is 0 Å². The van der Waals surface area contributed by atoms with Gasteiger partial charge in [0.15, 0.2) is 0 Å². The van der Waals surface area contributed by atoms with Gasteiger partial charge in [-0.1, -0.05) is 26.3 Å². The van der Waals surface area contributed by atoms with Crippen molar-refractivity contribution in [1.29, 1.82) is 0 Å². The normalized spacial score (nSPS) is 12.5.